The highest BCUT2D eigenvalue weighted by molar-refractivity contribution is 5.41. The standard InChI is InChI=1S/C17H27NO2/c1-4-6-11-18-12-7-13-20-17-10-9-16(19-3)14-15(17)8-5-2/h5,9-10,14,18H,2,4,6-8,11-13H2,1,3H3. The smallest absolute Gasteiger partial charge is 0.123 e. The largest absolute Gasteiger partial charge is 0.497 e. The highest BCUT2D eigenvalue weighted by Crippen LogP contribution is 2.25. The minimum Gasteiger partial charge on any atom is -0.497 e. The quantitative estimate of drug-likeness (QED) is 0.495. The lowest BCUT2D eigenvalue weighted by molar-refractivity contribution is 0.305. The zero-order valence-electron chi connectivity index (χ0n) is 12.8. The number of hydrogen-bond donors (Lipinski definition) is 1. The number of ether oxygens (including phenoxy) is 2. The zero-order chi connectivity index (χ0) is 14.6. The van der Waals surface area contributed by atoms with Gasteiger partial charge in [0.05, 0.1) is 13.7 Å². The van der Waals surface area contributed by atoms with Gasteiger partial charge in [-0.05, 0) is 50.6 Å². The Bertz CT molecular complexity index is 391. The number of methoxy groups -OCH3 is 1. The summed E-state index contributed by atoms with van der Waals surface area (Å²) >= 11 is 0. The maximum absolute atomic E-state index is 5.85. The summed E-state index contributed by atoms with van der Waals surface area (Å²) in [7, 11) is 1.68. The van der Waals surface area contributed by atoms with Gasteiger partial charge in [-0.3, -0.25) is 0 Å². The molecule has 1 rings (SSSR count). The molecule has 112 valence electrons. The Morgan fingerprint density at radius 3 is 2.75 bits per heavy atom. The summed E-state index contributed by atoms with van der Waals surface area (Å²) in [5.74, 6) is 1.79. The van der Waals surface area contributed by atoms with Crippen LogP contribution in [0.2, 0.25) is 0 Å². The van der Waals surface area contributed by atoms with Crippen LogP contribution in [0.4, 0.5) is 0 Å². The van der Waals surface area contributed by atoms with Gasteiger partial charge in [-0.1, -0.05) is 19.4 Å². The van der Waals surface area contributed by atoms with E-state index in [0.717, 1.165) is 49.6 Å². The zero-order valence-corrected chi connectivity index (χ0v) is 12.8. The molecule has 0 radical (unpaired) electrons. The van der Waals surface area contributed by atoms with Crippen molar-refractivity contribution in [2.45, 2.75) is 32.6 Å². The fraction of sp³-hybridized carbons (Fsp3) is 0.529. The average molecular weight is 277 g/mol. The van der Waals surface area contributed by atoms with Crippen LogP contribution < -0.4 is 14.8 Å². The maximum atomic E-state index is 5.85. The Balaban J connectivity index is 2.36. The van der Waals surface area contributed by atoms with Crippen LogP contribution in [0.1, 0.15) is 31.7 Å². The first-order valence-corrected chi connectivity index (χ1v) is 7.43. The number of unbranched alkanes of at least 4 members (excludes halogenated alkanes) is 1. The van der Waals surface area contributed by atoms with Crippen molar-refractivity contribution in [2.24, 2.45) is 0 Å². The molecule has 0 saturated carbocycles. The second-order valence-electron chi connectivity index (χ2n) is 4.77. The van der Waals surface area contributed by atoms with E-state index in [0.29, 0.717) is 0 Å². The van der Waals surface area contributed by atoms with Crippen molar-refractivity contribution in [1.82, 2.24) is 5.32 Å². The molecule has 0 aliphatic carbocycles. The lowest BCUT2D eigenvalue weighted by Gasteiger charge is -2.12. The second kappa shape index (κ2) is 10.3. The Labute approximate surface area is 123 Å². The molecule has 1 aromatic carbocycles. The van der Waals surface area contributed by atoms with Gasteiger partial charge in [0.15, 0.2) is 0 Å². The van der Waals surface area contributed by atoms with Crippen LogP contribution in [0, 0.1) is 0 Å². The van der Waals surface area contributed by atoms with Gasteiger partial charge in [0, 0.05) is 5.56 Å². The van der Waals surface area contributed by atoms with Crippen LogP contribution in [0.15, 0.2) is 30.9 Å². The molecule has 0 saturated heterocycles. The van der Waals surface area contributed by atoms with Crippen LogP contribution in [0.5, 0.6) is 11.5 Å². The SMILES string of the molecule is C=CCc1cc(OC)ccc1OCCCNCCCC. The monoisotopic (exact) mass is 277 g/mol. The van der Waals surface area contributed by atoms with Gasteiger partial charge in [-0.2, -0.15) is 0 Å². The van der Waals surface area contributed by atoms with Crippen LogP contribution in [-0.2, 0) is 6.42 Å². The highest BCUT2D eigenvalue weighted by atomic mass is 16.5. The molecule has 0 heterocycles. The minimum atomic E-state index is 0.732. The predicted molar refractivity (Wildman–Crippen MR) is 84.8 cm³/mol. The van der Waals surface area contributed by atoms with Gasteiger partial charge < -0.3 is 14.8 Å². The number of allylic oxidation sites excluding steroid dienone is 1. The molecule has 3 heteroatoms. The number of benzene rings is 1. The Kier molecular flexibility index (Phi) is 8.56. The third-order valence-electron chi connectivity index (χ3n) is 3.09. The third kappa shape index (κ3) is 6.11. The van der Waals surface area contributed by atoms with Crippen molar-refractivity contribution in [1.29, 1.82) is 0 Å². The average Bonchev–Trinajstić information content (AvgIpc) is 2.47. The first kappa shape index (κ1) is 16.6. The molecule has 0 aromatic heterocycles. The Morgan fingerprint density at radius 2 is 2.05 bits per heavy atom. The van der Waals surface area contributed by atoms with Crippen molar-refractivity contribution in [3.05, 3.63) is 36.4 Å². The van der Waals surface area contributed by atoms with Gasteiger partial charge >= 0.3 is 0 Å². The lowest BCUT2D eigenvalue weighted by Crippen LogP contribution is -2.18. The molecule has 20 heavy (non-hydrogen) atoms. The minimum absolute atomic E-state index is 0.732. The Hall–Kier alpha value is -1.48. The van der Waals surface area contributed by atoms with E-state index in [4.69, 9.17) is 9.47 Å². The number of nitrogens with one attached hydrogen (secondary N) is 1. The maximum Gasteiger partial charge on any atom is 0.123 e. The van der Waals surface area contributed by atoms with Crippen molar-refractivity contribution >= 4 is 0 Å². The predicted octanol–water partition coefficient (Wildman–Crippen LogP) is 3.58. The topological polar surface area (TPSA) is 30.5 Å². The van der Waals surface area contributed by atoms with Crippen LogP contribution in [0.3, 0.4) is 0 Å². The fourth-order valence-corrected chi connectivity index (χ4v) is 1.94. The molecule has 0 unspecified atom stereocenters. The summed E-state index contributed by atoms with van der Waals surface area (Å²) in [5.41, 5.74) is 1.12. The Morgan fingerprint density at radius 1 is 1.25 bits per heavy atom. The van der Waals surface area contributed by atoms with Crippen LogP contribution in [0.25, 0.3) is 0 Å². The summed E-state index contributed by atoms with van der Waals surface area (Å²) in [5, 5.41) is 3.41. The van der Waals surface area contributed by atoms with Crippen molar-refractivity contribution in [3.63, 3.8) is 0 Å². The summed E-state index contributed by atoms with van der Waals surface area (Å²) in [6, 6.07) is 5.92. The summed E-state index contributed by atoms with van der Waals surface area (Å²) < 4.78 is 11.1. The van der Waals surface area contributed by atoms with Gasteiger partial charge in [0.25, 0.3) is 0 Å². The van der Waals surface area contributed by atoms with E-state index >= 15 is 0 Å². The molecule has 0 spiro atoms. The molecule has 0 amide bonds. The first-order valence-electron chi connectivity index (χ1n) is 7.43. The molecule has 0 aliphatic rings. The molecule has 3 nitrogen and oxygen atoms in total. The molecule has 0 atom stereocenters. The van der Waals surface area contributed by atoms with E-state index < -0.39 is 0 Å². The molecular weight excluding hydrogens is 250 g/mol. The number of hydrogen-bond acceptors (Lipinski definition) is 3. The van der Waals surface area contributed by atoms with E-state index in [1.807, 2.05) is 24.3 Å². The van der Waals surface area contributed by atoms with Crippen molar-refractivity contribution in [2.75, 3.05) is 26.8 Å². The number of rotatable bonds is 11. The van der Waals surface area contributed by atoms with Crippen molar-refractivity contribution in [3.8, 4) is 11.5 Å². The van der Waals surface area contributed by atoms with E-state index in [-0.39, 0.29) is 0 Å². The lowest BCUT2D eigenvalue weighted by atomic mass is 10.1. The van der Waals surface area contributed by atoms with E-state index in [1.165, 1.54) is 12.8 Å². The third-order valence-corrected chi connectivity index (χ3v) is 3.09. The van der Waals surface area contributed by atoms with E-state index in [9.17, 15) is 0 Å². The van der Waals surface area contributed by atoms with Crippen molar-refractivity contribution < 1.29 is 9.47 Å². The molecule has 1 aromatic rings. The highest BCUT2D eigenvalue weighted by Gasteiger charge is 2.04. The van der Waals surface area contributed by atoms with Crippen LogP contribution >= 0.6 is 0 Å². The molecule has 0 bridgehead atoms. The van der Waals surface area contributed by atoms with Gasteiger partial charge in [-0.15, -0.1) is 6.58 Å². The first-order chi connectivity index (χ1) is 9.81. The van der Waals surface area contributed by atoms with E-state index in [2.05, 4.69) is 18.8 Å². The second-order valence-corrected chi connectivity index (χ2v) is 4.77. The normalized spacial score (nSPS) is 10.3. The summed E-state index contributed by atoms with van der Waals surface area (Å²) in [4.78, 5) is 0. The fourth-order valence-electron chi connectivity index (χ4n) is 1.94. The summed E-state index contributed by atoms with van der Waals surface area (Å²) in [6.45, 7) is 8.83. The molecule has 0 fully saturated rings. The van der Waals surface area contributed by atoms with Gasteiger partial charge in [0.1, 0.15) is 11.5 Å². The van der Waals surface area contributed by atoms with Crippen LogP contribution in [-0.4, -0.2) is 26.8 Å². The molecule has 0 aliphatic heterocycles. The van der Waals surface area contributed by atoms with Gasteiger partial charge in [-0.25, -0.2) is 0 Å². The van der Waals surface area contributed by atoms with E-state index in [1.54, 1.807) is 7.11 Å². The molecular formula is C17H27NO2. The summed E-state index contributed by atoms with van der Waals surface area (Å²) in [6.07, 6.45) is 6.17. The van der Waals surface area contributed by atoms with Gasteiger partial charge in [0.2, 0.25) is 0 Å². The molecule has 1 N–H and O–H groups in total.